The molecule has 1 atom stereocenters. The number of aromatic nitrogens is 2. The van der Waals surface area contributed by atoms with Crippen LogP contribution in [0.3, 0.4) is 0 Å². The highest BCUT2D eigenvalue weighted by Crippen LogP contribution is 2.30. The van der Waals surface area contributed by atoms with Crippen LogP contribution in [0.15, 0.2) is 53.1 Å². The number of aromatic amines is 1. The summed E-state index contributed by atoms with van der Waals surface area (Å²) < 4.78 is 5.13. The Hall–Kier alpha value is -2.86. The van der Waals surface area contributed by atoms with E-state index < -0.39 is 12.1 Å². The minimum absolute atomic E-state index is 0.158. The van der Waals surface area contributed by atoms with E-state index in [0.29, 0.717) is 11.3 Å². The molecule has 1 unspecified atom stereocenters. The fraction of sp³-hybridized carbons (Fsp3) is 0.0667. The van der Waals surface area contributed by atoms with Crippen LogP contribution in [0.25, 0.3) is 11.3 Å². The van der Waals surface area contributed by atoms with Crippen LogP contribution in [-0.2, 0) is 0 Å². The fourth-order valence-corrected chi connectivity index (χ4v) is 2.11. The molecule has 0 fully saturated rings. The number of benzene rings is 1. The number of H-pyrrole nitrogens is 1. The van der Waals surface area contributed by atoms with Gasteiger partial charge in [0.1, 0.15) is 11.9 Å². The van der Waals surface area contributed by atoms with Crippen LogP contribution in [0.4, 0.5) is 0 Å². The van der Waals surface area contributed by atoms with Crippen molar-refractivity contribution in [1.82, 2.24) is 10.2 Å². The minimum Gasteiger partial charge on any atom is -0.475 e. The van der Waals surface area contributed by atoms with E-state index >= 15 is 0 Å². The molecule has 0 aliphatic rings. The van der Waals surface area contributed by atoms with Gasteiger partial charge in [-0.3, -0.25) is 5.10 Å². The predicted molar refractivity (Wildman–Crippen MR) is 73.8 cm³/mol. The minimum atomic E-state index is -1.18. The van der Waals surface area contributed by atoms with Gasteiger partial charge in [-0.05, 0) is 17.7 Å². The molecular formula is C15H12N2O4. The van der Waals surface area contributed by atoms with Crippen LogP contribution in [-0.4, -0.2) is 26.4 Å². The highest BCUT2D eigenvalue weighted by atomic mass is 16.4. The molecule has 21 heavy (non-hydrogen) atoms. The average Bonchev–Trinajstić information content (AvgIpc) is 3.17. The molecule has 0 bridgehead atoms. The number of aromatic carboxylic acids is 1. The number of nitrogens with zero attached hydrogens (tertiary/aromatic N) is 1. The molecule has 106 valence electrons. The lowest BCUT2D eigenvalue weighted by Gasteiger charge is -2.08. The van der Waals surface area contributed by atoms with Crippen LogP contribution in [0.5, 0.6) is 0 Å². The number of hydrogen-bond donors (Lipinski definition) is 3. The van der Waals surface area contributed by atoms with Gasteiger partial charge in [0.05, 0.1) is 11.9 Å². The third-order valence-corrected chi connectivity index (χ3v) is 3.13. The smallest absolute Gasteiger partial charge is 0.371 e. The maximum absolute atomic E-state index is 10.8. The predicted octanol–water partition coefficient (Wildman–Crippen LogP) is 2.45. The van der Waals surface area contributed by atoms with Gasteiger partial charge in [0.2, 0.25) is 5.76 Å². The van der Waals surface area contributed by atoms with Gasteiger partial charge >= 0.3 is 5.97 Å². The number of furan rings is 1. The second kappa shape index (κ2) is 5.26. The molecule has 0 aliphatic heterocycles. The molecule has 0 spiro atoms. The Bertz CT molecular complexity index is 761. The summed E-state index contributed by atoms with van der Waals surface area (Å²) in [6.07, 6.45) is 0.405. The lowest BCUT2D eigenvalue weighted by Crippen LogP contribution is -1.99. The fourth-order valence-electron chi connectivity index (χ4n) is 2.11. The van der Waals surface area contributed by atoms with E-state index in [-0.39, 0.29) is 11.5 Å². The van der Waals surface area contributed by atoms with Crippen LogP contribution in [0, 0.1) is 0 Å². The van der Waals surface area contributed by atoms with Crippen LogP contribution < -0.4 is 0 Å². The highest BCUT2D eigenvalue weighted by molar-refractivity contribution is 5.84. The molecule has 2 aromatic heterocycles. The first kappa shape index (κ1) is 13.1. The number of rotatable bonds is 4. The van der Waals surface area contributed by atoms with Crippen molar-refractivity contribution in [2.75, 3.05) is 0 Å². The first-order chi connectivity index (χ1) is 10.2. The standard InChI is InChI=1S/C15H12N2O4/c18-14(11-6-7-12(21-11)15(19)20)10-8-16-17-13(10)9-4-2-1-3-5-9/h1-8,14,18H,(H,16,17)(H,19,20). The molecule has 0 saturated carbocycles. The Balaban J connectivity index is 1.97. The van der Waals surface area contributed by atoms with E-state index in [2.05, 4.69) is 10.2 Å². The van der Waals surface area contributed by atoms with Crippen molar-refractivity contribution in [2.45, 2.75) is 6.10 Å². The number of carbonyl (C=O) groups is 1. The number of nitrogens with one attached hydrogen (secondary N) is 1. The Morgan fingerprint density at radius 2 is 1.95 bits per heavy atom. The van der Waals surface area contributed by atoms with E-state index in [1.54, 1.807) is 0 Å². The summed E-state index contributed by atoms with van der Waals surface area (Å²) in [7, 11) is 0. The molecule has 0 radical (unpaired) electrons. The molecule has 6 heteroatoms. The summed E-state index contributed by atoms with van der Waals surface area (Å²) in [5, 5.41) is 26.0. The first-order valence-electron chi connectivity index (χ1n) is 6.26. The normalized spacial score (nSPS) is 12.2. The second-order valence-corrected chi connectivity index (χ2v) is 4.48. The van der Waals surface area contributed by atoms with Gasteiger partial charge in [-0.25, -0.2) is 4.79 Å². The lowest BCUT2D eigenvalue weighted by molar-refractivity contribution is 0.0655. The summed E-state index contributed by atoms with van der Waals surface area (Å²) >= 11 is 0. The molecule has 0 amide bonds. The molecule has 2 heterocycles. The maximum Gasteiger partial charge on any atom is 0.371 e. The van der Waals surface area contributed by atoms with Crippen molar-refractivity contribution in [3.05, 3.63) is 65.7 Å². The largest absolute Gasteiger partial charge is 0.475 e. The highest BCUT2D eigenvalue weighted by Gasteiger charge is 2.22. The molecule has 3 rings (SSSR count). The van der Waals surface area contributed by atoms with E-state index in [0.717, 1.165) is 5.56 Å². The zero-order chi connectivity index (χ0) is 14.8. The van der Waals surface area contributed by atoms with Crippen molar-refractivity contribution in [3.8, 4) is 11.3 Å². The van der Waals surface area contributed by atoms with Crippen molar-refractivity contribution in [3.63, 3.8) is 0 Å². The number of carboxylic acids is 1. The van der Waals surface area contributed by atoms with Gasteiger partial charge in [-0.1, -0.05) is 30.3 Å². The van der Waals surface area contributed by atoms with Gasteiger partial charge in [0, 0.05) is 5.56 Å². The quantitative estimate of drug-likeness (QED) is 0.683. The monoisotopic (exact) mass is 284 g/mol. The molecule has 0 saturated heterocycles. The summed E-state index contributed by atoms with van der Waals surface area (Å²) in [4.78, 5) is 10.8. The Morgan fingerprint density at radius 3 is 2.62 bits per heavy atom. The molecule has 1 aromatic carbocycles. The third-order valence-electron chi connectivity index (χ3n) is 3.13. The summed E-state index contributed by atoms with van der Waals surface area (Å²) in [6.45, 7) is 0. The zero-order valence-electron chi connectivity index (χ0n) is 10.9. The first-order valence-corrected chi connectivity index (χ1v) is 6.26. The number of aliphatic hydroxyl groups is 1. The molecular weight excluding hydrogens is 272 g/mol. The lowest BCUT2D eigenvalue weighted by atomic mass is 10.0. The third kappa shape index (κ3) is 2.44. The number of carboxylic acid groups (broad SMARTS) is 1. The van der Waals surface area contributed by atoms with Gasteiger partial charge < -0.3 is 14.6 Å². The van der Waals surface area contributed by atoms with Crippen molar-refractivity contribution >= 4 is 5.97 Å². The second-order valence-electron chi connectivity index (χ2n) is 4.48. The zero-order valence-corrected chi connectivity index (χ0v) is 10.9. The van der Waals surface area contributed by atoms with Gasteiger partial charge in [-0.2, -0.15) is 5.10 Å². The maximum atomic E-state index is 10.8. The van der Waals surface area contributed by atoms with Crippen molar-refractivity contribution in [1.29, 1.82) is 0 Å². The summed E-state index contributed by atoms with van der Waals surface area (Å²) in [5.41, 5.74) is 2.05. The van der Waals surface area contributed by atoms with E-state index in [4.69, 9.17) is 9.52 Å². The summed E-state index contributed by atoms with van der Waals surface area (Å²) in [6, 6.07) is 12.2. The topological polar surface area (TPSA) is 99.4 Å². The molecule has 0 aliphatic carbocycles. The van der Waals surface area contributed by atoms with Crippen LogP contribution in [0.1, 0.15) is 28.0 Å². The van der Waals surface area contributed by atoms with Crippen molar-refractivity contribution in [2.24, 2.45) is 0 Å². The number of aliphatic hydroxyl groups excluding tert-OH is 1. The summed E-state index contributed by atoms with van der Waals surface area (Å²) in [5.74, 6) is -1.23. The van der Waals surface area contributed by atoms with Gasteiger partial charge in [-0.15, -0.1) is 0 Å². The molecule has 3 N–H and O–H groups in total. The molecule has 3 aromatic rings. The Kier molecular flexibility index (Phi) is 3.29. The van der Waals surface area contributed by atoms with Crippen LogP contribution >= 0.6 is 0 Å². The van der Waals surface area contributed by atoms with E-state index in [1.165, 1.54) is 18.3 Å². The van der Waals surface area contributed by atoms with E-state index in [1.807, 2.05) is 30.3 Å². The SMILES string of the molecule is O=C(O)c1ccc(C(O)c2cn[nH]c2-c2ccccc2)o1. The van der Waals surface area contributed by atoms with Gasteiger partial charge in [0.15, 0.2) is 0 Å². The average molecular weight is 284 g/mol. The van der Waals surface area contributed by atoms with Crippen molar-refractivity contribution < 1.29 is 19.4 Å². The number of hydrogen-bond acceptors (Lipinski definition) is 4. The van der Waals surface area contributed by atoms with Crippen LogP contribution in [0.2, 0.25) is 0 Å². The van der Waals surface area contributed by atoms with E-state index in [9.17, 15) is 9.90 Å². The molecule has 6 nitrogen and oxygen atoms in total. The Morgan fingerprint density at radius 1 is 1.19 bits per heavy atom. The van der Waals surface area contributed by atoms with Gasteiger partial charge in [0.25, 0.3) is 0 Å². The Labute approximate surface area is 119 Å².